The number of hydrogen-bond acceptors (Lipinski definition) is 0. The van der Waals surface area contributed by atoms with Gasteiger partial charge in [0, 0.05) is 8.80 Å². The van der Waals surface area contributed by atoms with E-state index in [0.717, 1.165) is 0 Å². The molecule has 0 atom stereocenters. The van der Waals surface area contributed by atoms with Gasteiger partial charge in [-0.15, -0.1) is 15.8 Å². The van der Waals surface area contributed by atoms with Gasteiger partial charge in [0.1, 0.15) is 0 Å². The van der Waals surface area contributed by atoms with Crippen LogP contribution in [0.1, 0.15) is 141 Å². The molecule has 34 heavy (non-hydrogen) atoms. The Morgan fingerprint density at radius 1 is 0.441 bits per heavy atom. The molecule has 0 saturated heterocycles. The Morgan fingerprint density at radius 2 is 0.706 bits per heavy atom. The summed E-state index contributed by atoms with van der Waals surface area (Å²) in [5.74, 6) is 0. The van der Waals surface area contributed by atoms with Crippen molar-refractivity contribution in [2.24, 2.45) is 0 Å². The van der Waals surface area contributed by atoms with E-state index in [1.807, 2.05) is 0 Å². The first-order valence-corrected chi connectivity index (χ1v) is 21.9. The molecule has 0 aromatic rings. The third kappa shape index (κ3) is 9.12. The molecule has 4 aliphatic carbocycles. The van der Waals surface area contributed by atoms with E-state index in [1.165, 1.54) is 48.3 Å². The van der Waals surface area contributed by atoms with Gasteiger partial charge >= 0.3 is 0 Å². The van der Waals surface area contributed by atoms with Crippen molar-refractivity contribution in [3.63, 3.8) is 0 Å². The highest BCUT2D eigenvalue weighted by Gasteiger charge is 2.32. The Hall–Kier alpha value is 1.08. The molecule has 0 nitrogen and oxygen atoms in total. The van der Waals surface area contributed by atoms with E-state index in [0.29, 0.717) is 15.8 Å². The summed E-state index contributed by atoms with van der Waals surface area (Å²) >= 11 is 0. The Bertz CT molecular complexity index is 434. The fourth-order valence-corrected chi connectivity index (χ4v) is 18.4. The van der Waals surface area contributed by atoms with Crippen LogP contribution in [-0.2, 0) is 0 Å². The summed E-state index contributed by atoms with van der Waals surface area (Å²) in [6.07, 6.45) is 38.1. The zero-order chi connectivity index (χ0) is 23.4. The van der Waals surface area contributed by atoms with Crippen LogP contribution in [0, 0.1) is 0 Å². The van der Waals surface area contributed by atoms with Gasteiger partial charge in [-0.05, 0) is 86.3 Å². The molecule has 0 bridgehead atoms. The molecule has 0 aliphatic heterocycles. The highest BCUT2D eigenvalue weighted by molar-refractivity contribution is 7.59. The molecule has 0 unspecified atom stereocenters. The summed E-state index contributed by atoms with van der Waals surface area (Å²) in [6, 6.07) is 3.29. The second-order valence-electron chi connectivity index (χ2n) is 12.8. The maximum Gasteiger partial charge on any atom is 0.0446 e. The first-order valence-electron chi connectivity index (χ1n) is 16.1. The molecule has 4 aliphatic rings. The standard InChI is InChI=1S/C31H59P2Si/c1-34(26-14-24-32(28-16-6-2-7-17-28)29-18-8-3-9-19-29)27-15-25-33(30-20-10-4-11-21-30)31-22-12-5-13-23-31/h28-31H,2-27H2,1H3. The van der Waals surface area contributed by atoms with E-state index in [9.17, 15) is 0 Å². The molecule has 0 N–H and O–H groups in total. The van der Waals surface area contributed by atoms with Crippen molar-refractivity contribution in [3.05, 3.63) is 0 Å². The van der Waals surface area contributed by atoms with Crippen molar-refractivity contribution in [3.8, 4) is 0 Å². The molecule has 1 radical (unpaired) electrons. The summed E-state index contributed by atoms with van der Waals surface area (Å²) in [7, 11) is 0.622. The zero-order valence-electron chi connectivity index (χ0n) is 23.1. The summed E-state index contributed by atoms with van der Waals surface area (Å²) < 4.78 is 0. The number of hydrogen-bond donors (Lipinski definition) is 0. The highest BCUT2D eigenvalue weighted by atomic mass is 31.1. The molecule has 4 rings (SSSR count). The average Bonchev–Trinajstić information content (AvgIpc) is 2.91. The quantitative estimate of drug-likeness (QED) is 0.177. The minimum Gasteiger partial charge on any atom is -0.100 e. The van der Waals surface area contributed by atoms with E-state index < -0.39 is 0 Å². The molecule has 0 amide bonds. The van der Waals surface area contributed by atoms with Crippen LogP contribution in [0.5, 0.6) is 0 Å². The maximum absolute atomic E-state index is 2.72. The zero-order valence-corrected chi connectivity index (χ0v) is 25.9. The van der Waals surface area contributed by atoms with Crippen LogP contribution in [0.25, 0.3) is 0 Å². The van der Waals surface area contributed by atoms with E-state index in [-0.39, 0.29) is 8.80 Å². The average molecular weight is 522 g/mol. The van der Waals surface area contributed by atoms with Crippen molar-refractivity contribution < 1.29 is 0 Å². The lowest BCUT2D eigenvalue weighted by Gasteiger charge is -2.39. The topological polar surface area (TPSA) is 0 Å². The molecule has 3 heteroatoms. The van der Waals surface area contributed by atoms with Gasteiger partial charge in [-0.25, -0.2) is 0 Å². The van der Waals surface area contributed by atoms with Gasteiger partial charge in [0.25, 0.3) is 0 Å². The summed E-state index contributed by atoms with van der Waals surface area (Å²) in [5.41, 5.74) is 4.70. The minimum atomic E-state index is -0.0799. The van der Waals surface area contributed by atoms with Gasteiger partial charge < -0.3 is 0 Å². The third-order valence-electron chi connectivity index (χ3n) is 10.2. The van der Waals surface area contributed by atoms with E-state index in [1.54, 1.807) is 140 Å². The summed E-state index contributed by atoms with van der Waals surface area (Å²) in [5, 5.41) is 0. The van der Waals surface area contributed by atoms with Crippen molar-refractivity contribution in [2.45, 2.75) is 183 Å². The van der Waals surface area contributed by atoms with Crippen molar-refractivity contribution >= 4 is 24.6 Å². The monoisotopic (exact) mass is 521 g/mol. The molecule has 0 heterocycles. The lowest BCUT2D eigenvalue weighted by molar-refractivity contribution is 0.484. The molecular weight excluding hydrogens is 462 g/mol. The van der Waals surface area contributed by atoms with E-state index in [2.05, 4.69) is 6.55 Å². The van der Waals surface area contributed by atoms with Gasteiger partial charge in [0.2, 0.25) is 0 Å². The first kappa shape index (κ1) is 28.1. The normalized spacial score (nSPS) is 25.1. The van der Waals surface area contributed by atoms with Crippen LogP contribution in [-0.4, -0.2) is 43.8 Å². The Morgan fingerprint density at radius 3 is 0.971 bits per heavy atom. The van der Waals surface area contributed by atoms with Gasteiger partial charge in [0.15, 0.2) is 0 Å². The van der Waals surface area contributed by atoms with Gasteiger partial charge in [-0.3, -0.25) is 0 Å². The molecule has 4 saturated carbocycles. The molecule has 0 aromatic heterocycles. The van der Waals surface area contributed by atoms with Gasteiger partial charge in [-0.1, -0.05) is 109 Å². The number of rotatable bonds is 12. The second-order valence-corrected chi connectivity index (χ2v) is 21.6. The second kappa shape index (κ2) is 16.1. The highest BCUT2D eigenvalue weighted by Crippen LogP contribution is 2.57. The third-order valence-corrected chi connectivity index (χ3v) is 20.1. The lowest BCUT2D eigenvalue weighted by Crippen LogP contribution is -2.23. The lowest BCUT2D eigenvalue weighted by atomic mass is 9.99. The minimum absolute atomic E-state index is 0.0799. The van der Waals surface area contributed by atoms with Crippen LogP contribution in [0.2, 0.25) is 18.6 Å². The summed E-state index contributed by atoms with van der Waals surface area (Å²) in [4.78, 5) is 0. The van der Waals surface area contributed by atoms with Crippen molar-refractivity contribution in [1.29, 1.82) is 0 Å². The van der Waals surface area contributed by atoms with Crippen LogP contribution >= 0.6 is 15.8 Å². The molecular formula is C31H59P2Si. The van der Waals surface area contributed by atoms with Gasteiger partial charge in [0.05, 0.1) is 0 Å². The van der Waals surface area contributed by atoms with Crippen LogP contribution in [0.3, 0.4) is 0 Å². The molecule has 0 spiro atoms. The SMILES string of the molecule is C[Si](CCCP(C1CCCCC1)C1CCCCC1)CCCP(C1CCCCC1)C1CCCCC1. The van der Waals surface area contributed by atoms with Crippen LogP contribution in [0.4, 0.5) is 0 Å². The smallest absolute Gasteiger partial charge is 0.0446 e. The fourth-order valence-electron chi connectivity index (χ4n) is 8.23. The predicted molar refractivity (Wildman–Crippen MR) is 162 cm³/mol. The molecule has 197 valence electrons. The fraction of sp³-hybridized carbons (Fsp3) is 1.00. The Balaban J connectivity index is 1.19. The molecule has 0 aromatic carbocycles. The molecule has 4 fully saturated rings. The maximum atomic E-state index is 2.72. The van der Waals surface area contributed by atoms with Crippen LogP contribution < -0.4 is 0 Å². The van der Waals surface area contributed by atoms with Gasteiger partial charge in [-0.2, -0.15) is 0 Å². The first-order chi connectivity index (χ1) is 16.8. The summed E-state index contributed by atoms with van der Waals surface area (Å²) in [6.45, 7) is 2.72. The van der Waals surface area contributed by atoms with Crippen molar-refractivity contribution in [1.82, 2.24) is 0 Å². The van der Waals surface area contributed by atoms with E-state index in [4.69, 9.17) is 0 Å². The predicted octanol–water partition coefficient (Wildman–Crippen LogP) is 11.2. The largest absolute Gasteiger partial charge is 0.100 e. The van der Waals surface area contributed by atoms with E-state index >= 15 is 0 Å². The Kier molecular flexibility index (Phi) is 13.3. The van der Waals surface area contributed by atoms with Crippen LogP contribution in [0.15, 0.2) is 0 Å². The Labute approximate surface area is 219 Å². The van der Waals surface area contributed by atoms with Crippen molar-refractivity contribution in [2.75, 3.05) is 12.3 Å².